The number of nitrogens with one attached hydrogen (secondary N) is 2. The maximum Gasteiger partial charge on any atom is 0.227 e. The fourth-order valence-corrected chi connectivity index (χ4v) is 7.78. The van der Waals surface area contributed by atoms with E-state index >= 15 is 0 Å². The average molecular weight is 477 g/mol. The normalized spacial score (nSPS) is 29.5. The van der Waals surface area contributed by atoms with Crippen molar-refractivity contribution in [3.63, 3.8) is 0 Å². The van der Waals surface area contributed by atoms with Gasteiger partial charge in [-0.1, -0.05) is 18.2 Å². The zero-order valence-electron chi connectivity index (χ0n) is 20.4. The molecule has 4 aliphatic carbocycles. The molecule has 4 bridgehead atoms. The molecular formula is C28H36N4O3. The lowest BCUT2D eigenvalue weighted by atomic mass is 9.49. The molecule has 1 aromatic heterocycles. The Kier molecular flexibility index (Phi) is 5.81. The van der Waals surface area contributed by atoms with E-state index in [1.54, 1.807) is 0 Å². The van der Waals surface area contributed by atoms with E-state index in [0.29, 0.717) is 45.6 Å². The second kappa shape index (κ2) is 8.99. The summed E-state index contributed by atoms with van der Waals surface area (Å²) in [5, 5.41) is 4.21. The summed E-state index contributed by atoms with van der Waals surface area (Å²) in [5.74, 6) is 2.58. The number of hydrogen-bond donors (Lipinski definition) is 2. The highest BCUT2D eigenvalue weighted by Crippen LogP contribution is 2.60. The summed E-state index contributed by atoms with van der Waals surface area (Å²) in [6, 6.07) is 8.02. The number of H-pyrrole nitrogens is 1. The molecule has 7 rings (SSSR count). The molecule has 2 aromatic rings. The fourth-order valence-electron chi connectivity index (χ4n) is 7.78. The van der Waals surface area contributed by atoms with Crippen molar-refractivity contribution in [2.75, 3.05) is 32.7 Å². The predicted octanol–water partition coefficient (Wildman–Crippen LogP) is 3.10. The van der Waals surface area contributed by atoms with Crippen molar-refractivity contribution in [1.82, 2.24) is 20.1 Å². The Morgan fingerprint density at radius 3 is 2.14 bits per heavy atom. The van der Waals surface area contributed by atoms with Crippen molar-refractivity contribution in [1.29, 1.82) is 0 Å². The molecule has 2 N–H and O–H groups in total. The number of carbonyl (C=O) groups excluding carboxylic acids is 3. The Morgan fingerprint density at radius 1 is 0.886 bits per heavy atom. The van der Waals surface area contributed by atoms with Crippen molar-refractivity contribution in [2.45, 2.75) is 51.4 Å². The SMILES string of the molecule is O=C(CCNC(=O)C12CC3CC(CC(C3)C1)C2)N1CCN(C(=O)Cc2c[nH]c3ccccc23)CC1. The zero-order valence-corrected chi connectivity index (χ0v) is 20.4. The lowest BCUT2D eigenvalue weighted by molar-refractivity contribution is -0.146. The highest BCUT2D eigenvalue weighted by Gasteiger charge is 2.54. The van der Waals surface area contributed by atoms with Crippen LogP contribution in [-0.2, 0) is 20.8 Å². The molecule has 1 aromatic carbocycles. The summed E-state index contributed by atoms with van der Waals surface area (Å²) in [5.41, 5.74) is 1.90. The first-order valence-corrected chi connectivity index (χ1v) is 13.4. The smallest absolute Gasteiger partial charge is 0.227 e. The zero-order chi connectivity index (χ0) is 24.0. The molecule has 0 spiro atoms. The first-order valence-electron chi connectivity index (χ1n) is 13.4. The number of carbonyl (C=O) groups is 3. The number of aromatic nitrogens is 1. The van der Waals surface area contributed by atoms with E-state index in [-0.39, 0.29) is 23.1 Å². The molecule has 35 heavy (non-hydrogen) atoms. The van der Waals surface area contributed by atoms with Crippen LogP contribution in [0.5, 0.6) is 0 Å². The summed E-state index contributed by atoms with van der Waals surface area (Å²) >= 11 is 0. The second-order valence-corrected chi connectivity index (χ2v) is 11.5. The van der Waals surface area contributed by atoms with Crippen molar-refractivity contribution in [3.05, 3.63) is 36.0 Å². The van der Waals surface area contributed by atoms with Gasteiger partial charge in [-0.05, 0) is 67.9 Å². The first kappa shape index (κ1) is 22.6. The van der Waals surface area contributed by atoms with Gasteiger partial charge in [0, 0.05) is 61.7 Å². The number of aromatic amines is 1. The molecule has 5 aliphatic rings. The Hall–Kier alpha value is -2.83. The van der Waals surface area contributed by atoms with Gasteiger partial charge in [0.05, 0.1) is 6.42 Å². The van der Waals surface area contributed by atoms with Crippen molar-refractivity contribution >= 4 is 28.6 Å². The Morgan fingerprint density at radius 2 is 1.49 bits per heavy atom. The van der Waals surface area contributed by atoms with Gasteiger partial charge in [0.15, 0.2) is 0 Å². The Bertz CT molecular complexity index is 1090. The van der Waals surface area contributed by atoms with Crippen LogP contribution in [0, 0.1) is 23.2 Å². The Labute approximate surface area is 206 Å². The second-order valence-electron chi connectivity index (χ2n) is 11.5. The highest BCUT2D eigenvalue weighted by atomic mass is 16.2. The minimum absolute atomic E-state index is 0.0690. The van der Waals surface area contributed by atoms with Gasteiger partial charge in [-0.15, -0.1) is 0 Å². The van der Waals surface area contributed by atoms with E-state index in [1.165, 1.54) is 19.3 Å². The molecule has 5 fully saturated rings. The summed E-state index contributed by atoms with van der Waals surface area (Å²) in [7, 11) is 0. The van der Waals surface area contributed by atoms with E-state index in [9.17, 15) is 14.4 Å². The molecule has 3 amide bonds. The van der Waals surface area contributed by atoms with Crippen LogP contribution in [0.25, 0.3) is 10.9 Å². The maximum absolute atomic E-state index is 13.1. The largest absolute Gasteiger partial charge is 0.361 e. The molecular weight excluding hydrogens is 440 g/mol. The van der Waals surface area contributed by atoms with Gasteiger partial charge in [0.2, 0.25) is 17.7 Å². The summed E-state index contributed by atoms with van der Waals surface area (Å²) in [6.07, 6.45) is 9.73. The molecule has 4 saturated carbocycles. The molecule has 7 nitrogen and oxygen atoms in total. The van der Waals surface area contributed by atoms with Crippen LogP contribution < -0.4 is 5.32 Å². The molecule has 0 unspecified atom stereocenters. The molecule has 186 valence electrons. The van der Waals surface area contributed by atoms with E-state index in [2.05, 4.69) is 10.3 Å². The number of benzene rings is 1. The van der Waals surface area contributed by atoms with Crippen LogP contribution in [0.3, 0.4) is 0 Å². The highest BCUT2D eigenvalue weighted by molar-refractivity contribution is 5.89. The molecule has 7 heteroatoms. The molecule has 1 aliphatic heterocycles. The predicted molar refractivity (Wildman–Crippen MR) is 133 cm³/mol. The molecule has 0 radical (unpaired) electrons. The number of para-hydroxylation sites is 1. The monoisotopic (exact) mass is 476 g/mol. The van der Waals surface area contributed by atoms with E-state index in [4.69, 9.17) is 0 Å². The third-order valence-electron chi connectivity index (χ3n) is 9.15. The van der Waals surface area contributed by atoms with Crippen LogP contribution >= 0.6 is 0 Å². The number of piperazine rings is 1. The van der Waals surface area contributed by atoms with E-state index in [1.807, 2.05) is 40.3 Å². The van der Waals surface area contributed by atoms with Gasteiger partial charge >= 0.3 is 0 Å². The topological polar surface area (TPSA) is 85.5 Å². The van der Waals surface area contributed by atoms with Gasteiger partial charge in [-0.3, -0.25) is 14.4 Å². The van der Waals surface area contributed by atoms with Crippen LogP contribution in [-0.4, -0.2) is 65.2 Å². The van der Waals surface area contributed by atoms with Crippen LogP contribution in [0.4, 0.5) is 0 Å². The van der Waals surface area contributed by atoms with Crippen molar-refractivity contribution in [3.8, 4) is 0 Å². The first-order chi connectivity index (χ1) is 17.0. The third kappa shape index (κ3) is 4.34. The van der Waals surface area contributed by atoms with Gasteiger partial charge in [-0.25, -0.2) is 0 Å². The fraction of sp³-hybridized carbons (Fsp3) is 0.607. The Balaban J connectivity index is 0.950. The van der Waals surface area contributed by atoms with Crippen LogP contribution in [0.1, 0.15) is 50.5 Å². The molecule has 0 atom stereocenters. The van der Waals surface area contributed by atoms with E-state index < -0.39 is 0 Å². The minimum atomic E-state index is -0.158. The van der Waals surface area contributed by atoms with Crippen molar-refractivity contribution < 1.29 is 14.4 Å². The summed E-state index contributed by atoms with van der Waals surface area (Å²) in [6.45, 7) is 2.65. The lowest BCUT2D eigenvalue weighted by Gasteiger charge is -2.55. The lowest BCUT2D eigenvalue weighted by Crippen LogP contribution is -2.54. The molecule has 2 heterocycles. The number of hydrogen-bond acceptors (Lipinski definition) is 3. The quantitative estimate of drug-likeness (QED) is 0.672. The summed E-state index contributed by atoms with van der Waals surface area (Å²) < 4.78 is 0. The van der Waals surface area contributed by atoms with Crippen LogP contribution in [0.15, 0.2) is 30.5 Å². The third-order valence-corrected chi connectivity index (χ3v) is 9.15. The molecule has 1 saturated heterocycles. The number of rotatable bonds is 6. The maximum atomic E-state index is 13.1. The standard InChI is InChI=1S/C28H36N4O3/c33-25(5-6-29-27(35)28-15-19-11-20(16-28)13-21(12-19)17-28)31-7-9-32(10-8-31)26(34)14-22-18-30-24-4-2-1-3-23(22)24/h1-4,18-21,30H,5-17H2,(H,29,35). The number of fused-ring (bicyclic) bond motifs is 1. The number of amides is 3. The van der Waals surface area contributed by atoms with Crippen molar-refractivity contribution in [2.24, 2.45) is 23.2 Å². The van der Waals surface area contributed by atoms with Gasteiger partial charge < -0.3 is 20.1 Å². The number of nitrogens with zero attached hydrogens (tertiary/aromatic N) is 2. The summed E-state index contributed by atoms with van der Waals surface area (Å²) in [4.78, 5) is 45.7. The van der Waals surface area contributed by atoms with Gasteiger partial charge in [0.1, 0.15) is 0 Å². The van der Waals surface area contributed by atoms with Gasteiger partial charge in [0.25, 0.3) is 0 Å². The van der Waals surface area contributed by atoms with E-state index in [0.717, 1.165) is 53.5 Å². The minimum Gasteiger partial charge on any atom is -0.361 e. The average Bonchev–Trinajstić information content (AvgIpc) is 3.26. The van der Waals surface area contributed by atoms with Crippen LogP contribution in [0.2, 0.25) is 0 Å². The van der Waals surface area contributed by atoms with Gasteiger partial charge in [-0.2, -0.15) is 0 Å².